The Balaban J connectivity index is 1.51. The van der Waals surface area contributed by atoms with Crippen molar-refractivity contribution in [1.82, 2.24) is 10.2 Å². The third-order valence-electron chi connectivity index (χ3n) is 6.83. The van der Waals surface area contributed by atoms with Crippen molar-refractivity contribution in [1.29, 1.82) is 0 Å². The number of amides is 1. The highest BCUT2D eigenvalue weighted by molar-refractivity contribution is 5.95. The number of methoxy groups -OCH3 is 2. The molecular formula is C30H36N2O3. The number of carbonyl (C=O) groups excluding carboxylic acids is 1. The number of carbonyl (C=O) groups is 1. The Morgan fingerprint density at radius 2 is 1.71 bits per heavy atom. The van der Waals surface area contributed by atoms with Crippen LogP contribution in [0.3, 0.4) is 0 Å². The largest absolute Gasteiger partial charge is 0.497 e. The molecule has 3 aromatic rings. The van der Waals surface area contributed by atoms with Crippen molar-refractivity contribution < 1.29 is 14.3 Å². The fourth-order valence-electron chi connectivity index (χ4n) is 5.12. The van der Waals surface area contributed by atoms with Crippen LogP contribution in [0.2, 0.25) is 0 Å². The van der Waals surface area contributed by atoms with Gasteiger partial charge in [-0.15, -0.1) is 0 Å². The molecule has 0 spiro atoms. The molecule has 5 nitrogen and oxygen atoms in total. The summed E-state index contributed by atoms with van der Waals surface area (Å²) < 4.78 is 11.0. The van der Waals surface area contributed by atoms with Gasteiger partial charge in [-0.2, -0.15) is 0 Å². The van der Waals surface area contributed by atoms with Crippen molar-refractivity contribution in [2.24, 2.45) is 0 Å². The van der Waals surface area contributed by atoms with Gasteiger partial charge in [-0.05, 0) is 69.0 Å². The lowest BCUT2D eigenvalue weighted by atomic mass is 9.91. The minimum atomic E-state index is 0.129. The summed E-state index contributed by atoms with van der Waals surface area (Å²) in [5.41, 5.74) is 5.35. The van der Waals surface area contributed by atoms with Crippen LogP contribution in [0.25, 0.3) is 0 Å². The molecule has 1 aliphatic heterocycles. The Labute approximate surface area is 209 Å². The lowest BCUT2D eigenvalue weighted by molar-refractivity contribution is 0.0576. The number of hydrogen-bond acceptors (Lipinski definition) is 4. The summed E-state index contributed by atoms with van der Waals surface area (Å²) in [4.78, 5) is 15.7. The molecular weight excluding hydrogens is 436 g/mol. The van der Waals surface area contributed by atoms with Crippen LogP contribution in [0, 0.1) is 13.8 Å². The maximum absolute atomic E-state index is 13.6. The number of benzene rings is 3. The maximum Gasteiger partial charge on any atom is 0.254 e. The standard InChI is InChI=1S/C30H36N2O3/c1-21-14-22(2)16-24(15-21)30(33)32-13-12-26(19-27(32)17-23-8-6-5-7-9-23)31-20-25-18-28(34-3)10-11-29(25)35-4/h5-11,14-16,18,26-27,31H,12-13,17,19-20H2,1-4H3/t26-,27?/m0/s1. The predicted molar refractivity (Wildman–Crippen MR) is 140 cm³/mol. The minimum absolute atomic E-state index is 0.129. The number of rotatable bonds is 8. The highest BCUT2D eigenvalue weighted by Gasteiger charge is 2.32. The first-order valence-electron chi connectivity index (χ1n) is 12.3. The smallest absolute Gasteiger partial charge is 0.254 e. The molecule has 2 atom stereocenters. The number of hydrogen-bond donors (Lipinski definition) is 1. The Hall–Kier alpha value is -3.31. The Kier molecular flexibility index (Phi) is 8.09. The lowest BCUT2D eigenvalue weighted by Crippen LogP contribution is -2.51. The molecule has 1 saturated heterocycles. The monoisotopic (exact) mass is 472 g/mol. The number of nitrogens with one attached hydrogen (secondary N) is 1. The van der Waals surface area contributed by atoms with Crippen LogP contribution >= 0.6 is 0 Å². The molecule has 3 aromatic carbocycles. The predicted octanol–water partition coefficient (Wildman–Crippen LogP) is 5.33. The highest BCUT2D eigenvalue weighted by atomic mass is 16.5. The summed E-state index contributed by atoms with van der Waals surface area (Å²) in [5.74, 6) is 1.80. The van der Waals surface area contributed by atoms with Crippen molar-refractivity contribution in [2.75, 3.05) is 20.8 Å². The molecule has 1 unspecified atom stereocenters. The van der Waals surface area contributed by atoms with Crippen LogP contribution in [0.15, 0.2) is 66.7 Å². The molecule has 0 saturated carbocycles. The van der Waals surface area contributed by atoms with Gasteiger partial charge in [0.05, 0.1) is 14.2 Å². The van der Waals surface area contributed by atoms with Crippen molar-refractivity contribution in [2.45, 2.75) is 51.7 Å². The summed E-state index contributed by atoms with van der Waals surface area (Å²) in [5, 5.41) is 3.72. The normalized spacial score (nSPS) is 17.8. The van der Waals surface area contributed by atoms with E-state index in [-0.39, 0.29) is 11.9 Å². The van der Waals surface area contributed by atoms with Gasteiger partial charge in [0.1, 0.15) is 11.5 Å². The molecule has 1 fully saturated rings. The average Bonchev–Trinajstić information content (AvgIpc) is 2.87. The number of aryl methyl sites for hydroxylation is 2. The van der Waals surface area contributed by atoms with Gasteiger partial charge in [0.15, 0.2) is 0 Å². The van der Waals surface area contributed by atoms with Gasteiger partial charge < -0.3 is 19.7 Å². The molecule has 184 valence electrons. The van der Waals surface area contributed by atoms with Crippen molar-refractivity contribution in [3.8, 4) is 11.5 Å². The van der Waals surface area contributed by atoms with Crippen LogP contribution in [0.1, 0.15) is 45.5 Å². The van der Waals surface area contributed by atoms with E-state index < -0.39 is 0 Å². The molecule has 1 heterocycles. The maximum atomic E-state index is 13.6. The van der Waals surface area contributed by atoms with Gasteiger partial charge in [-0.3, -0.25) is 4.79 Å². The molecule has 1 N–H and O–H groups in total. The zero-order valence-electron chi connectivity index (χ0n) is 21.2. The second-order valence-corrected chi connectivity index (χ2v) is 9.50. The van der Waals surface area contributed by atoms with Crippen LogP contribution < -0.4 is 14.8 Å². The first kappa shape index (κ1) is 24.8. The highest BCUT2D eigenvalue weighted by Crippen LogP contribution is 2.27. The van der Waals surface area contributed by atoms with Gasteiger partial charge >= 0.3 is 0 Å². The Morgan fingerprint density at radius 1 is 0.971 bits per heavy atom. The zero-order valence-corrected chi connectivity index (χ0v) is 21.2. The second kappa shape index (κ2) is 11.4. The third kappa shape index (κ3) is 6.23. The van der Waals surface area contributed by atoms with Gasteiger partial charge in [0, 0.05) is 36.3 Å². The average molecular weight is 473 g/mol. The zero-order chi connectivity index (χ0) is 24.8. The number of ether oxygens (including phenoxy) is 2. The first-order valence-corrected chi connectivity index (χ1v) is 12.3. The minimum Gasteiger partial charge on any atom is -0.497 e. The van der Waals surface area contributed by atoms with E-state index in [4.69, 9.17) is 9.47 Å². The number of piperidine rings is 1. The summed E-state index contributed by atoms with van der Waals surface area (Å²) in [6.07, 6.45) is 2.66. The lowest BCUT2D eigenvalue weighted by Gasteiger charge is -2.40. The van der Waals surface area contributed by atoms with Crippen molar-refractivity contribution in [3.63, 3.8) is 0 Å². The third-order valence-corrected chi connectivity index (χ3v) is 6.83. The summed E-state index contributed by atoms with van der Waals surface area (Å²) >= 11 is 0. The fraction of sp³-hybridized carbons (Fsp3) is 0.367. The summed E-state index contributed by atoms with van der Waals surface area (Å²) in [6, 6.07) is 22.9. The van der Waals surface area contributed by atoms with E-state index in [1.165, 1.54) is 5.56 Å². The first-order chi connectivity index (χ1) is 17.0. The van der Waals surface area contributed by atoms with Crippen LogP contribution in [-0.4, -0.2) is 43.7 Å². The molecule has 0 bridgehead atoms. The van der Waals surface area contributed by atoms with Crippen LogP contribution in [-0.2, 0) is 13.0 Å². The molecule has 5 heteroatoms. The van der Waals surface area contributed by atoms with Gasteiger partial charge in [0.2, 0.25) is 0 Å². The van der Waals surface area contributed by atoms with E-state index in [9.17, 15) is 4.79 Å². The second-order valence-electron chi connectivity index (χ2n) is 9.50. The van der Waals surface area contributed by atoms with Crippen molar-refractivity contribution >= 4 is 5.91 Å². The van der Waals surface area contributed by atoms with Crippen LogP contribution in [0.4, 0.5) is 0 Å². The van der Waals surface area contributed by atoms with E-state index in [2.05, 4.69) is 40.5 Å². The van der Waals surface area contributed by atoms with E-state index in [0.29, 0.717) is 12.6 Å². The molecule has 1 aliphatic rings. The molecule has 0 aromatic heterocycles. The molecule has 0 aliphatic carbocycles. The van der Waals surface area contributed by atoms with E-state index >= 15 is 0 Å². The summed E-state index contributed by atoms with van der Waals surface area (Å²) in [6.45, 7) is 5.52. The Bertz CT molecular complexity index is 1130. The van der Waals surface area contributed by atoms with Gasteiger partial charge in [-0.25, -0.2) is 0 Å². The molecule has 4 rings (SSSR count). The number of nitrogens with zero attached hydrogens (tertiary/aromatic N) is 1. The van der Waals surface area contributed by atoms with E-state index in [1.54, 1.807) is 14.2 Å². The SMILES string of the molecule is COc1ccc(OC)c(CN[C@H]2CCN(C(=O)c3cc(C)cc(C)c3)C(Cc3ccccc3)C2)c1. The number of likely N-dealkylation sites (tertiary alicyclic amines) is 1. The molecule has 1 amide bonds. The quantitative estimate of drug-likeness (QED) is 0.482. The van der Waals surface area contributed by atoms with E-state index in [1.807, 2.05) is 50.2 Å². The van der Waals surface area contributed by atoms with Crippen LogP contribution in [0.5, 0.6) is 11.5 Å². The molecule has 35 heavy (non-hydrogen) atoms. The summed E-state index contributed by atoms with van der Waals surface area (Å²) in [7, 11) is 3.37. The topological polar surface area (TPSA) is 50.8 Å². The Morgan fingerprint density at radius 3 is 2.40 bits per heavy atom. The van der Waals surface area contributed by atoms with Gasteiger partial charge in [0.25, 0.3) is 5.91 Å². The fourth-order valence-corrected chi connectivity index (χ4v) is 5.12. The van der Waals surface area contributed by atoms with E-state index in [0.717, 1.165) is 59.6 Å². The molecule has 0 radical (unpaired) electrons. The van der Waals surface area contributed by atoms with Gasteiger partial charge in [-0.1, -0.05) is 47.5 Å². The van der Waals surface area contributed by atoms with Crippen molar-refractivity contribution in [3.05, 3.63) is 94.5 Å².